The lowest BCUT2D eigenvalue weighted by Gasteiger charge is -2.31. The number of piperidine rings is 1. The number of rotatable bonds is 9. The third kappa shape index (κ3) is 6.28. The summed E-state index contributed by atoms with van der Waals surface area (Å²) in [6.07, 6.45) is 4.14. The van der Waals surface area contributed by atoms with Crippen LogP contribution in [0.5, 0.6) is 0 Å². The molecule has 7 nitrogen and oxygen atoms in total. The molecule has 2 aromatic heterocycles. The van der Waals surface area contributed by atoms with Gasteiger partial charge in [-0.1, -0.05) is 19.0 Å². The van der Waals surface area contributed by atoms with E-state index in [1.165, 1.54) is 18.5 Å². The van der Waals surface area contributed by atoms with E-state index in [0.29, 0.717) is 12.5 Å². The van der Waals surface area contributed by atoms with Crippen LogP contribution in [0.4, 0.5) is 0 Å². The van der Waals surface area contributed by atoms with Crippen molar-refractivity contribution in [3.8, 4) is 0 Å². The molecule has 1 saturated heterocycles. The number of hydrogen-bond acceptors (Lipinski definition) is 6. The fourth-order valence-corrected chi connectivity index (χ4v) is 4.52. The second-order valence-corrected chi connectivity index (χ2v) is 8.95. The minimum atomic E-state index is 0.608. The van der Waals surface area contributed by atoms with Gasteiger partial charge < -0.3 is 15.2 Å². The predicted octanol–water partition coefficient (Wildman–Crippen LogP) is 3.53. The molecule has 2 aromatic rings. The van der Waals surface area contributed by atoms with Gasteiger partial charge in [0, 0.05) is 37.0 Å². The molecule has 0 aliphatic carbocycles. The molecule has 3 heterocycles. The summed E-state index contributed by atoms with van der Waals surface area (Å²) < 4.78 is 5.47. The van der Waals surface area contributed by atoms with Gasteiger partial charge in [0.25, 0.3) is 0 Å². The Balaban J connectivity index is 1.48. The molecule has 2 N–H and O–H groups in total. The van der Waals surface area contributed by atoms with Crippen molar-refractivity contribution in [3.05, 3.63) is 33.1 Å². The molecule has 3 rings (SSSR count). The Hall–Kier alpha value is -1.93. The van der Waals surface area contributed by atoms with Crippen molar-refractivity contribution in [2.75, 3.05) is 26.2 Å². The van der Waals surface area contributed by atoms with E-state index in [2.05, 4.69) is 58.7 Å². The van der Waals surface area contributed by atoms with E-state index in [4.69, 9.17) is 9.52 Å². The molecule has 0 saturated carbocycles. The number of aliphatic imine (C=N–C) groups is 1. The van der Waals surface area contributed by atoms with Crippen LogP contribution in [0.25, 0.3) is 0 Å². The number of hydrogen-bond donors (Lipinski definition) is 2. The zero-order valence-electron chi connectivity index (χ0n) is 18.8. The summed E-state index contributed by atoms with van der Waals surface area (Å²) in [5.74, 6) is 2.51. The van der Waals surface area contributed by atoms with Gasteiger partial charge in [-0.15, -0.1) is 11.3 Å². The van der Waals surface area contributed by atoms with E-state index >= 15 is 0 Å². The Kier molecular flexibility index (Phi) is 8.69. The van der Waals surface area contributed by atoms with Crippen LogP contribution in [-0.2, 0) is 25.9 Å². The summed E-state index contributed by atoms with van der Waals surface area (Å²) >= 11 is 1.74. The molecule has 0 atom stereocenters. The quantitative estimate of drug-likeness (QED) is 0.466. The van der Waals surface area contributed by atoms with Crippen LogP contribution in [0.15, 0.2) is 14.9 Å². The Labute approximate surface area is 184 Å². The third-order valence-corrected chi connectivity index (χ3v) is 6.49. The van der Waals surface area contributed by atoms with Crippen LogP contribution in [-0.4, -0.2) is 47.2 Å². The highest BCUT2D eigenvalue weighted by molar-refractivity contribution is 7.09. The number of thiazole rings is 1. The summed E-state index contributed by atoms with van der Waals surface area (Å²) in [6, 6.07) is 0. The zero-order valence-corrected chi connectivity index (χ0v) is 19.6. The molecule has 0 aromatic carbocycles. The van der Waals surface area contributed by atoms with Crippen LogP contribution in [0.3, 0.4) is 0 Å². The summed E-state index contributed by atoms with van der Waals surface area (Å²) in [5.41, 5.74) is 3.37. The molecule has 1 fully saturated rings. The normalized spacial score (nSPS) is 16.2. The first-order valence-corrected chi connectivity index (χ1v) is 12.1. The van der Waals surface area contributed by atoms with Crippen molar-refractivity contribution in [2.45, 2.75) is 66.5 Å². The number of aromatic nitrogens is 2. The third-order valence-electron chi connectivity index (χ3n) is 5.66. The van der Waals surface area contributed by atoms with Gasteiger partial charge in [0.05, 0.1) is 22.9 Å². The number of guanidine groups is 1. The maximum Gasteiger partial charge on any atom is 0.191 e. The maximum absolute atomic E-state index is 5.47. The number of aryl methyl sites for hydroxylation is 3. The second-order valence-electron chi connectivity index (χ2n) is 7.89. The highest BCUT2D eigenvalue weighted by Crippen LogP contribution is 2.20. The molecule has 1 aliphatic rings. The smallest absolute Gasteiger partial charge is 0.191 e. The van der Waals surface area contributed by atoms with Crippen molar-refractivity contribution < 1.29 is 4.52 Å². The number of nitrogens with zero attached hydrogens (tertiary/aromatic N) is 4. The number of nitrogens with one attached hydrogen (secondary N) is 2. The summed E-state index contributed by atoms with van der Waals surface area (Å²) in [5, 5.41) is 14.5. The molecular weight excluding hydrogens is 396 g/mol. The zero-order chi connectivity index (χ0) is 21.3. The fraction of sp³-hybridized carbons (Fsp3) is 0.682. The summed E-state index contributed by atoms with van der Waals surface area (Å²) in [7, 11) is 0. The van der Waals surface area contributed by atoms with Crippen LogP contribution in [0.2, 0.25) is 0 Å². The first-order chi connectivity index (χ1) is 14.6. The fourth-order valence-electron chi connectivity index (χ4n) is 3.92. The van der Waals surface area contributed by atoms with Crippen molar-refractivity contribution >= 4 is 17.3 Å². The highest BCUT2D eigenvalue weighted by atomic mass is 32.1. The first kappa shape index (κ1) is 22.7. The average molecular weight is 433 g/mol. The van der Waals surface area contributed by atoms with Gasteiger partial charge in [-0.3, -0.25) is 4.90 Å². The van der Waals surface area contributed by atoms with Gasteiger partial charge in [0.15, 0.2) is 5.96 Å². The summed E-state index contributed by atoms with van der Waals surface area (Å²) in [4.78, 5) is 11.9. The van der Waals surface area contributed by atoms with E-state index in [1.807, 2.05) is 0 Å². The Morgan fingerprint density at radius 2 is 2.03 bits per heavy atom. The van der Waals surface area contributed by atoms with Gasteiger partial charge >= 0.3 is 0 Å². The number of likely N-dealkylation sites (tertiary alicyclic amines) is 1. The lowest BCUT2D eigenvalue weighted by atomic mass is 9.97. The lowest BCUT2D eigenvalue weighted by molar-refractivity contribution is 0.176. The molecule has 0 radical (unpaired) electrons. The van der Waals surface area contributed by atoms with E-state index in [0.717, 1.165) is 73.6 Å². The van der Waals surface area contributed by atoms with Crippen LogP contribution in [0, 0.1) is 12.8 Å². The second kappa shape index (κ2) is 11.5. The van der Waals surface area contributed by atoms with Gasteiger partial charge in [0.1, 0.15) is 5.76 Å². The first-order valence-electron chi connectivity index (χ1n) is 11.2. The lowest BCUT2D eigenvalue weighted by Crippen LogP contribution is -2.42. The predicted molar refractivity (Wildman–Crippen MR) is 123 cm³/mol. The minimum Gasteiger partial charge on any atom is -0.361 e. The molecule has 1 aliphatic heterocycles. The van der Waals surface area contributed by atoms with Crippen molar-refractivity contribution in [2.24, 2.45) is 10.9 Å². The monoisotopic (exact) mass is 432 g/mol. The molecule has 0 amide bonds. The Bertz CT molecular complexity index is 785. The van der Waals surface area contributed by atoms with Crippen LogP contribution >= 0.6 is 11.3 Å². The van der Waals surface area contributed by atoms with Crippen molar-refractivity contribution in [1.82, 2.24) is 25.7 Å². The standard InChI is InChI=1S/C22H36N6OS/c1-5-20-19(21(6-2)29-27-20)13-25-22(23-7-3)24-12-17-8-10-28(11-9-17)14-18-15-30-16(4)26-18/h15,17H,5-14H2,1-4H3,(H2,23,24,25). The van der Waals surface area contributed by atoms with E-state index in [9.17, 15) is 0 Å². The van der Waals surface area contributed by atoms with E-state index in [1.54, 1.807) is 11.3 Å². The van der Waals surface area contributed by atoms with E-state index in [-0.39, 0.29) is 0 Å². The molecule has 166 valence electrons. The topological polar surface area (TPSA) is 78.6 Å². The molecular formula is C22H36N6OS. The van der Waals surface area contributed by atoms with Gasteiger partial charge in [-0.2, -0.15) is 0 Å². The SMILES string of the molecule is CCNC(=NCc1c(CC)noc1CC)NCC1CCN(Cc2csc(C)n2)CC1. The minimum absolute atomic E-state index is 0.608. The van der Waals surface area contributed by atoms with Crippen molar-refractivity contribution in [1.29, 1.82) is 0 Å². The van der Waals surface area contributed by atoms with Crippen LogP contribution in [0.1, 0.15) is 61.3 Å². The average Bonchev–Trinajstić information content (AvgIpc) is 3.36. The largest absolute Gasteiger partial charge is 0.361 e. The van der Waals surface area contributed by atoms with Gasteiger partial charge in [0.2, 0.25) is 0 Å². The highest BCUT2D eigenvalue weighted by Gasteiger charge is 2.20. The van der Waals surface area contributed by atoms with Gasteiger partial charge in [-0.25, -0.2) is 9.98 Å². The summed E-state index contributed by atoms with van der Waals surface area (Å²) in [6.45, 7) is 14.0. The van der Waals surface area contributed by atoms with Crippen LogP contribution < -0.4 is 10.6 Å². The molecule has 8 heteroatoms. The molecule has 0 bridgehead atoms. The molecule has 0 spiro atoms. The Morgan fingerprint density at radius 1 is 1.23 bits per heavy atom. The molecule has 30 heavy (non-hydrogen) atoms. The van der Waals surface area contributed by atoms with E-state index < -0.39 is 0 Å². The maximum atomic E-state index is 5.47. The Morgan fingerprint density at radius 3 is 2.67 bits per heavy atom. The molecule has 0 unspecified atom stereocenters. The van der Waals surface area contributed by atoms with Gasteiger partial charge in [-0.05, 0) is 52.1 Å². The van der Waals surface area contributed by atoms with Crippen molar-refractivity contribution in [3.63, 3.8) is 0 Å².